The molecule has 0 N–H and O–H groups in total. The van der Waals surface area contributed by atoms with E-state index >= 15 is 0 Å². The molecule has 0 aliphatic rings. The third-order valence-electron chi connectivity index (χ3n) is 1.58. The highest BCUT2D eigenvalue weighted by Crippen LogP contribution is 2.33. The van der Waals surface area contributed by atoms with Crippen LogP contribution < -0.4 is 4.74 Å². The zero-order chi connectivity index (χ0) is 12.3. The molecule has 0 amide bonds. The van der Waals surface area contributed by atoms with Gasteiger partial charge in [0.1, 0.15) is 5.69 Å². The molecule has 0 saturated heterocycles. The van der Waals surface area contributed by atoms with Crippen molar-refractivity contribution in [2.75, 3.05) is 0 Å². The standard InChI is InChI=1S/C8H4BrF3INO2/c9-1-4-6(3-15)14-2-5(13)7(4)16-8(10,11)12/h2-3H,1H2. The Morgan fingerprint density at radius 2 is 2.19 bits per heavy atom. The van der Waals surface area contributed by atoms with Gasteiger partial charge in [0, 0.05) is 17.1 Å². The van der Waals surface area contributed by atoms with Crippen LogP contribution in [0.4, 0.5) is 13.2 Å². The lowest BCUT2D eigenvalue weighted by Gasteiger charge is -2.14. The van der Waals surface area contributed by atoms with Crippen LogP contribution in [0.15, 0.2) is 6.20 Å². The van der Waals surface area contributed by atoms with Crippen LogP contribution in [-0.4, -0.2) is 17.6 Å². The van der Waals surface area contributed by atoms with Crippen molar-refractivity contribution in [1.29, 1.82) is 0 Å². The average Bonchev–Trinajstić information content (AvgIpc) is 2.19. The Morgan fingerprint density at radius 3 is 2.62 bits per heavy atom. The summed E-state index contributed by atoms with van der Waals surface area (Å²) in [5.41, 5.74) is 0.00997. The summed E-state index contributed by atoms with van der Waals surface area (Å²) in [5, 5.41) is 0.0519. The summed E-state index contributed by atoms with van der Waals surface area (Å²) >= 11 is 4.65. The Kier molecular flexibility index (Phi) is 4.53. The van der Waals surface area contributed by atoms with E-state index in [0.29, 0.717) is 6.29 Å². The molecule has 88 valence electrons. The van der Waals surface area contributed by atoms with Crippen LogP contribution in [0.25, 0.3) is 0 Å². The van der Waals surface area contributed by atoms with Gasteiger partial charge in [-0.25, -0.2) is 0 Å². The molecule has 1 aromatic rings. The van der Waals surface area contributed by atoms with Gasteiger partial charge in [0.15, 0.2) is 12.0 Å². The van der Waals surface area contributed by atoms with Gasteiger partial charge in [0.05, 0.1) is 3.57 Å². The zero-order valence-electron chi connectivity index (χ0n) is 7.52. The van der Waals surface area contributed by atoms with E-state index in [0.717, 1.165) is 6.20 Å². The number of hydrogen-bond acceptors (Lipinski definition) is 3. The van der Waals surface area contributed by atoms with Crippen molar-refractivity contribution in [2.24, 2.45) is 0 Å². The van der Waals surface area contributed by atoms with Gasteiger partial charge in [-0.05, 0) is 22.6 Å². The summed E-state index contributed by atoms with van der Waals surface area (Å²) in [7, 11) is 0. The number of carbonyl (C=O) groups is 1. The maximum absolute atomic E-state index is 12.1. The van der Waals surface area contributed by atoms with Gasteiger partial charge in [-0.1, -0.05) is 15.9 Å². The molecular formula is C8H4BrF3INO2. The first kappa shape index (κ1) is 13.7. The van der Waals surface area contributed by atoms with Crippen molar-refractivity contribution >= 4 is 44.8 Å². The highest BCUT2D eigenvalue weighted by Gasteiger charge is 2.33. The van der Waals surface area contributed by atoms with Gasteiger partial charge >= 0.3 is 6.36 Å². The lowest BCUT2D eigenvalue weighted by molar-refractivity contribution is -0.275. The van der Waals surface area contributed by atoms with Crippen molar-refractivity contribution in [3.63, 3.8) is 0 Å². The molecule has 0 aromatic carbocycles. The van der Waals surface area contributed by atoms with Gasteiger partial charge in [-0.3, -0.25) is 9.78 Å². The van der Waals surface area contributed by atoms with Crippen molar-refractivity contribution in [3.05, 3.63) is 21.0 Å². The SMILES string of the molecule is O=Cc1ncc(I)c(OC(F)(F)F)c1CBr. The summed E-state index contributed by atoms with van der Waals surface area (Å²) in [6.45, 7) is 0. The summed E-state index contributed by atoms with van der Waals surface area (Å²) in [6.07, 6.45) is -3.26. The van der Waals surface area contributed by atoms with E-state index in [1.807, 2.05) is 0 Å². The Bertz CT molecular complexity index is 411. The molecule has 0 fully saturated rings. The topological polar surface area (TPSA) is 39.2 Å². The minimum atomic E-state index is -4.79. The van der Waals surface area contributed by atoms with Gasteiger partial charge < -0.3 is 4.74 Å². The van der Waals surface area contributed by atoms with E-state index in [-0.39, 0.29) is 25.9 Å². The molecule has 1 aromatic heterocycles. The predicted molar refractivity (Wildman–Crippen MR) is 61.7 cm³/mol. The third-order valence-corrected chi connectivity index (χ3v) is 2.91. The van der Waals surface area contributed by atoms with E-state index in [4.69, 9.17) is 0 Å². The fraction of sp³-hybridized carbons (Fsp3) is 0.250. The minimum absolute atomic E-state index is 0.0519. The van der Waals surface area contributed by atoms with Crippen LogP contribution in [0, 0.1) is 3.57 Å². The largest absolute Gasteiger partial charge is 0.573 e. The Balaban J connectivity index is 3.29. The van der Waals surface area contributed by atoms with Crippen LogP contribution >= 0.6 is 38.5 Å². The number of alkyl halides is 4. The molecule has 1 heterocycles. The number of hydrogen-bond donors (Lipinski definition) is 0. The number of rotatable bonds is 3. The molecule has 0 radical (unpaired) electrons. The number of aromatic nitrogens is 1. The number of aldehydes is 1. The smallest absolute Gasteiger partial charge is 0.404 e. The molecule has 1 rings (SSSR count). The molecule has 0 aliphatic carbocycles. The fourth-order valence-electron chi connectivity index (χ4n) is 0.980. The lowest BCUT2D eigenvalue weighted by Crippen LogP contribution is -2.19. The maximum atomic E-state index is 12.1. The molecule has 0 bridgehead atoms. The van der Waals surface area contributed by atoms with E-state index < -0.39 is 6.36 Å². The van der Waals surface area contributed by atoms with Gasteiger partial charge in [-0.15, -0.1) is 13.2 Å². The predicted octanol–water partition coefficient (Wildman–Crippen LogP) is 3.29. The van der Waals surface area contributed by atoms with Crippen LogP contribution in [-0.2, 0) is 5.33 Å². The average molecular weight is 410 g/mol. The fourth-order valence-corrected chi connectivity index (χ4v) is 2.10. The maximum Gasteiger partial charge on any atom is 0.573 e. The first-order valence-electron chi connectivity index (χ1n) is 3.83. The van der Waals surface area contributed by atoms with E-state index in [1.54, 1.807) is 22.6 Å². The molecule has 0 unspecified atom stereocenters. The van der Waals surface area contributed by atoms with Gasteiger partial charge in [0.25, 0.3) is 0 Å². The number of ether oxygens (including phenoxy) is 1. The number of carbonyl (C=O) groups excluding carboxylic acids is 1. The molecular weight excluding hydrogens is 406 g/mol. The quantitative estimate of drug-likeness (QED) is 0.437. The highest BCUT2D eigenvalue weighted by atomic mass is 127. The van der Waals surface area contributed by atoms with Crippen LogP contribution in [0.1, 0.15) is 16.1 Å². The van der Waals surface area contributed by atoms with Crippen LogP contribution in [0.5, 0.6) is 5.75 Å². The van der Waals surface area contributed by atoms with Gasteiger partial charge in [-0.2, -0.15) is 0 Å². The second-order valence-corrected chi connectivity index (χ2v) is 4.32. The van der Waals surface area contributed by atoms with Crippen molar-refractivity contribution in [3.8, 4) is 5.75 Å². The Labute approximate surface area is 111 Å². The highest BCUT2D eigenvalue weighted by molar-refractivity contribution is 14.1. The first-order chi connectivity index (χ1) is 7.39. The first-order valence-corrected chi connectivity index (χ1v) is 6.03. The second kappa shape index (κ2) is 5.30. The molecule has 0 spiro atoms. The number of pyridine rings is 1. The molecule has 0 saturated carbocycles. The van der Waals surface area contributed by atoms with Crippen molar-refractivity contribution in [2.45, 2.75) is 11.7 Å². The van der Waals surface area contributed by atoms with Crippen LogP contribution in [0.3, 0.4) is 0 Å². The van der Waals surface area contributed by atoms with E-state index in [2.05, 4.69) is 25.7 Å². The Morgan fingerprint density at radius 1 is 1.56 bits per heavy atom. The summed E-state index contributed by atoms with van der Waals surface area (Å²) in [6, 6.07) is 0. The Hall–Kier alpha value is -0.380. The summed E-state index contributed by atoms with van der Waals surface area (Å²) < 4.78 is 40.4. The van der Waals surface area contributed by atoms with Crippen molar-refractivity contribution in [1.82, 2.24) is 4.98 Å². The molecule has 16 heavy (non-hydrogen) atoms. The second-order valence-electron chi connectivity index (χ2n) is 2.60. The van der Waals surface area contributed by atoms with E-state index in [9.17, 15) is 18.0 Å². The number of nitrogens with zero attached hydrogens (tertiary/aromatic N) is 1. The zero-order valence-corrected chi connectivity index (χ0v) is 11.3. The van der Waals surface area contributed by atoms with E-state index in [1.165, 1.54) is 0 Å². The molecule has 8 heteroatoms. The normalized spacial score (nSPS) is 11.3. The molecule has 3 nitrogen and oxygen atoms in total. The lowest BCUT2D eigenvalue weighted by atomic mass is 10.2. The summed E-state index contributed by atoms with van der Waals surface area (Å²) in [5.74, 6) is -0.387. The summed E-state index contributed by atoms with van der Waals surface area (Å²) in [4.78, 5) is 14.3. The third kappa shape index (κ3) is 3.30. The molecule has 0 aliphatic heterocycles. The van der Waals surface area contributed by atoms with Crippen LogP contribution in [0.2, 0.25) is 0 Å². The minimum Gasteiger partial charge on any atom is -0.404 e. The van der Waals surface area contributed by atoms with Crippen molar-refractivity contribution < 1.29 is 22.7 Å². The monoisotopic (exact) mass is 409 g/mol. The number of halogens is 5. The van der Waals surface area contributed by atoms with Gasteiger partial charge in [0.2, 0.25) is 0 Å². The molecule has 0 atom stereocenters.